The van der Waals surface area contributed by atoms with Crippen LogP contribution in [0.3, 0.4) is 0 Å². The predicted octanol–water partition coefficient (Wildman–Crippen LogP) is 3.55. The molecule has 0 saturated carbocycles. The molecule has 5 rings (SSSR count). The van der Waals surface area contributed by atoms with E-state index in [1.54, 1.807) is 17.9 Å². The molecule has 0 unspecified atom stereocenters. The van der Waals surface area contributed by atoms with Gasteiger partial charge in [0.05, 0.1) is 24.7 Å². The lowest BCUT2D eigenvalue weighted by Crippen LogP contribution is -2.09. The minimum absolute atomic E-state index is 0.234. The lowest BCUT2D eigenvalue weighted by molar-refractivity contribution is 0.414. The van der Waals surface area contributed by atoms with E-state index in [2.05, 4.69) is 20.1 Å². The van der Waals surface area contributed by atoms with Crippen molar-refractivity contribution in [2.75, 3.05) is 7.11 Å². The number of para-hydroxylation sites is 1. The largest absolute Gasteiger partial charge is 0.497 e. The van der Waals surface area contributed by atoms with Gasteiger partial charge >= 0.3 is 0 Å². The maximum Gasteiger partial charge on any atom is 0.262 e. The normalized spacial score (nSPS) is 11.3. The number of fused-ring (bicyclic) bond motifs is 2. The maximum atomic E-state index is 12.5. The molecule has 5 aromatic rings. The molecular formula is C20H15N5O3S. The number of thioether (sulfide) groups is 1. The van der Waals surface area contributed by atoms with E-state index in [-0.39, 0.29) is 5.56 Å². The van der Waals surface area contributed by atoms with Crippen LogP contribution in [-0.2, 0) is 5.75 Å². The molecule has 1 N–H and O–H groups in total. The van der Waals surface area contributed by atoms with Gasteiger partial charge in [-0.2, -0.15) is 5.10 Å². The molecule has 3 aromatic heterocycles. The number of rotatable bonds is 5. The first-order chi connectivity index (χ1) is 14.2. The van der Waals surface area contributed by atoms with Crippen molar-refractivity contribution in [2.45, 2.75) is 10.9 Å². The third-order valence-electron chi connectivity index (χ3n) is 4.39. The molecule has 29 heavy (non-hydrogen) atoms. The molecule has 9 heteroatoms. The SMILES string of the molecule is COc1ccc2nc(CSc3nc4c(cnn4-c4ccccc4)c(=O)[nH]3)oc2c1. The molecule has 0 radical (unpaired) electrons. The van der Waals surface area contributed by atoms with Crippen LogP contribution in [0.4, 0.5) is 0 Å². The average Bonchev–Trinajstić information content (AvgIpc) is 3.36. The van der Waals surface area contributed by atoms with Crippen LogP contribution < -0.4 is 10.3 Å². The van der Waals surface area contributed by atoms with E-state index in [4.69, 9.17) is 9.15 Å². The van der Waals surface area contributed by atoms with Crippen LogP contribution >= 0.6 is 11.8 Å². The summed E-state index contributed by atoms with van der Waals surface area (Å²) in [6, 6.07) is 15.0. The van der Waals surface area contributed by atoms with Crippen LogP contribution in [0.1, 0.15) is 5.89 Å². The van der Waals surface area contributed by atoms with Gasteiger partial charge in [-0.05, 0) is 24.3 Å². The number of aromatic amines is 1. The van der Waals surface area contributed by atoms with Gasteiger partial charge < -0.3 is 14.1 Å². The van der Waals surface area contributed by atoms with Crippen LogP contribution in [0, 0.1) is 0 Å². The minimum atomic E-state index is -0.234. The highest BCUT2D eigenvalue weighted by Crippen LogP contribution is 2.25. The second kappa shape index (κ2) is 7.10. The number of oxazole rings is 1. The summed E-state index contributed by atoms with van der Waals surface area (Å²) in [6.07, 6.45) is 1.52. The second-order valence-corrected chi connectivity index (χ2v) is 7.19. The van der Waals surface area contributed by atoms with Gasteiger partial charge in [-0.15, -0.1) is 0 Å². The van der Waals surface area contributed by atoms with Gasteiger partial charge in [0.1, 0.15) is 16.7 Å². The summed E-state index contributed by atoms with van der Waals surface area (Å²) in [5.41, 5.74) is 2.51. The summed E-state index contributed by atoms with van der Waals surface area (Å²) in [6.45, 7) is 0. The Morgan fingerprint density at radius 3 is 2.86 bits per heavy atom. The van der Waals surface area contributed by atoms with Crippen molar-refractivity contribution in [1.29, 1.82) is 0 Å². The van der Waals surface area contributed by atoms with Crippen LogP contribution in [0.2, 0.25) is 0 Å². The van der Waals surface area contributed by atoms with Gasteiger partial charge in [-0.3, -0.25) is 4.79 Å². The van der Waals surface area contributed by atoms with Gasteiger partial charge in [0.25, 0.3) is 5.56 Å². The maximum absolute atomic E-state index is 12.5. The molecule has 8 nitrogen and oxygen atoms in total. The third kappa shape index (κ3) is 3.25. The molecule has 0 bridgehead atoms. The lowest BCUT2D eigenvalue weighted by atomic mass is 10.3. The molecule has 0 atom stereocenters. The summed E-state index contributed by atoms with van der Waals surface area (Å²) in [7, 11) is 1.60. The molecule has 0 amide bonds. The molecule has 3 heterocycles. The predicted molar refractivity (Wildman–Crippen MR) is 110 cm³/mol. The summed E-state index contributed by atoms with van der Waals surface area (Å²) in [5.74, 6) is 1.67. The van der Waals surface area contributed by atoms with Gasteiger partial charge in [-0.1, -0.05) is 30.0 Å². The number of H-pyrrole nitrogens is 1. The lowest BCUT2D eigenvalue weighted by Gasteiger charge is -2.03. The van der Waals surface area contributed by atoms with Crippen molar-refractivity contribution < 1.29 is 9.15 Å². The van der Waals surface area contributed by atoms with Gasteiger partial charge in [-0.25, -0.2) is 14.6 Å². The van der Waals surface area contributed by atoms with Crippen LogP contribution in [0.5, 0.6) is 5.75 Å². The summed E-state index contributed by atoms with van der Waals surface area (Å²) in [4.78, 5) is 24.3. The first-order valence-corrected chi connectivity index (χ1v) is 9.79. The van der Waals surface area contributed by atoms with E-state index >= 15 is 0 Å². The average molecular weight is 405 g/mol. The third-order valence-corrected chi connectivity index (χ3v) is 5.25. The molecule has 0 spiro atoms. The highest BCUT2D eigenvalue weighted by atomic mass is 32.2. The Morgan fingerprint density at radius 2 is 2.03 bits per heavy atom. The van der Waals surface area contributed by atoms with E-state index in [1.165, 1.54) is 18.0 Å². The topological polar surface area (TPSA) is 98.8 Å². The zero-order valence-corrected chi connectivity index (χ0v) is 16.1. The molecule has 0 aliphatic rings. The number of aromatic nitrogens is 5. The van der Waals surface area contributed by atoms with E-state index in [0.717, 1.165) is 11.2 Å². The number of methoxy groups -OCH3 is 1. The highest BCUT2D eigenvalue weighted by Gasteiger charge is 2.13. The van der Waals surface area contributed by atoms with E-state index in [0.29, 0.717) is 39.2 Å². The van der Waals surface area contributed by atoms with Crippen LogP contribution in [-0.4, -0.2) is 31.8 Å². The number of nitrogens with zero attached hydrogens (tertiary/aromatic N) is 4. The van der Waals surface area contributed by atoms with Crippen molar-refractivity contribution in [3.63, 3.8) is 0 Å². The monoisotopic (exact) mass is 405 g/mol. The van der Waals surface area contributed by atoms with E-state index in [9.17, 15) is 4.79 Å². The van der Waals surface area contributed by atoms with Crippen molar-refractivity contribution in [3.8, 4) is 11.4 Å². The van der Waals surface area contributed by atoms with Gasteiger partial charge in [0.2, 0.25) is 5.89 Å². The molecule has 0 fully saturated rings. The zero-order chi connectivity index (χ0) is 19.8. The highest BCUT2D eigenvalue weighted by molar-refractivity contribution is 7.98. The summed E-state index contributed by atoms with van der Waals surface area (Å²) in [5, 5.41) is 5.22. The summed E-state index contributed by atoms with van der Waals surface area (Å²) < 4.78 is 12.6. The molecule has 0 saturated heterocycles. The first-order valence-electron chi connectivity index (χ1n) is 8.81. The molecule has 0 aliphatic heterocycles. The van der Waals surface area contributed by atoms with Crippen molar-refractivity contribution in [1.82, 2.24) is 24.7 Å². The van der Waals surface area contributed by atoms with Crippen LogP contribution in [0.15, 0.2) is 69.1 Å². The number of hydrogen-bond acceptors (Lipinski definition) is 7. The Bertz CT molecular complexity index is 1370. The Hall–Kier alpha value is -3.59. The quantitative estimate of drug-likeness (QED) is 0.353. The number of nitrogens with one attached hydrogen (secondary N) is 1. The van der Waals surface area contributed by atoms with E-state index < -0.39 is 0 Å². The fourth-order valence-electron chi connectivity index (χ4n) is 3.00. The Labute approximate surface area is 168 Å². The van der Waals surface area contributed by atoms with Crippen molar-refractivity contribution in [3.05, 3.63) is 71.0 Å². The summed E-state index contributed by atoms with van der Waals surface area (Å²) >= 11 is 1.34. The van der Waals surface area contributed by atoms with Crippen molar-refractivity contribution in [2.24, 2.45) is 0 Å². The molecular weight excluding hydrogens is 390 g/mol. The Morgan fingerprint density at radius 1 is 1.17 bits per heavy atom. The first kappa shape index (κ1) is 17.5. The molecule has 2 aromatic carbocycles. The minimum Gasteiger partial charge on any atom is -0.497 e. The van der Waals surface area contributed by atoms with Gasteiger partial charge in [0, 0.05) is 6.07 Å². The standard InChI is InChI=1S/C20H15N5O3S/c1-27-13-7-8-15-16(9-13)28-17(22-15)11-29-20-23-18-14(19(26)24-20)10-21-25(18)12-5-3-2-4-6-12/h2-10H,11H2,1H3,(H,23,24,26). The van der Waals surface area contributed by atoms with Gasteiger partial charge in [0.15, 0.2) is 16.4 Å². The van der Waals surface area contributed by atoms with E-state index in [1.807, 2.05) is 42.5 Å². The molecule has 144 valence electrons. The number of benzene rings is 2. The number of ether oxygens (including phenoxy) is 1. The second-order valence-electron chi connectivity index (χ2n) is 6.23. The zero-order valence-electron chi connectivity index (χ0n) is 15.3. The fourth-order valence-corrected chi connectivity index (χ4v) is 3.70. The fraction of sp³-hybridized carbons (Fsp3) is 0.100. The Balaban J connectivity index is 1.45. The smallest absolute Gasteiger partial charge is 0.262 e. The molecule has 0 aliphatic carbocycles. The van der Waals surface area contributed by atoms with Crippen molar-refractivity contribution >= 4 is 33.9 Å². The van der Waals surface area contributed by atoms with Crippen LogP contribution in [0.25, 0.3) is 27.8 Å². The number of hydrogen-bond donors (Lipinski definition) is 1. The Kier molecular flexibility index (Phi) is 4.28.